The van der Waals surface area contributed by atoms with Crippen molar-refractivity contribution in [3.63, 3.8) is 0 Å². The molecule has 226 valence electrons. The summed E-state index contributed by atoms with van der Waals surface area (Å²) < 4.78 is 62.6. The van der Waals surface area contributed by atoms with E-state index in [-0.39, 0.29) is 53.4 Å². The summed E-state index contributed by atoms with van der Waals surface area (Å²) in [6.07, 6.45) is -0.795. The number of rotatable bonds is 9. The van der Waals surface area contributed by atoms with E-state index in [0.717, 1.165) is 0 Å². The number of ether oxygens (including phenoxy) is 1. The summed E-state index contributed by atoms with van der Waals surface area (Å²) in [5, 5.41) is 10.3. The number of carbonyl (C=O) groups is 1. The van der Waals surface area contributed by atoms with Crippen molar-refractivity contribution >= 4 is 43.2 Å². The Morgan fingerprint density at radius 2 is 1.71 bits per heavy atom. The van der Waals surface area contributed by atoms with Gasteiger partial charge in [0.25, 0.3) is 10.0 Å². The SMILES string of the molecule is C[C@@H]1CN([C@@H](C)CO)C(=O)Cc2cc(NS(=O)(=O)c3ccc(Cl)cc3)ccc2O[C@H]1CN(C)S(=O)(=O)c1ccccc1. The first-order chi connectivity index (χ1) is 19.8. The molecule has 1 aliphatic heterocycles. The van der Waals surface area contributed by atoms with Crippen molar-refractivity contribution in [2.75, 3.05) is 31.5 Å². The summed E-state index contributed by atoms with van der Waals surface area (Å²) in [6.45, 7) is 3.52. The van der Waals surface area contributed by atoms with Crippen LogP contribution < -0.4 is 9.46 Å². The molecular weight excluding hydrogens is 602 g/mol. The second-order valence-corrected chi connectivity index (χ2v) is 14.5. The molecule has 0 bridgehead atoms. The highest BCUT2D eigenvalue weighted by Crippen LogP contribution is 2.31. The summed E-state index contributed by atoms with van der Waals surface area (Å²) >= 11 is 5.89. The third kappa shape index (κ3) is 7.24. The summed E-state index contributed by atoms with van der Waals surface area (Å²) in [7, 11) is -6.30. The molecule has 42 heavy (non-hydrogen) atoms. The number of hydrogen-bond acceptors (Lipinski definition) is 7. The summed E-state index contributed by atoms with van der Waals surface area (Å²) in [5.41, 5.74) is 0.633. The number of carbonyl (C=O) groups excluding carboxylic acids is 1. The lowest BCUT2D eigenvalue weighted by Crippen LogP contribution is -2.48. The molecule has 4 rings (SSSR count). The number of likely N-dealkylation sites (N-methyl/N-ethyl adjacent to an activating group) is 1. The van der Waals surface area contributed by atoms with Crippen LogP contribution in [0.2, 0.25) is 5.02 Å². The lowest BCUT2D eigenvalue weighted by molar-refractivity contribution is -0.134. The fourth-order valence-corrected chi connectivity index (χ4v) is 7.04. The Bertz CT molecular complexity index is 1620. The monoisotopic (exact) mass is 635 g/mol. The number of nitrogens with zero attached hydrogens (tertiary/aromatic N) is 2. The van der Waals surface area contributed by atoms with Gasteiger partial charge in [-0.25, -0.2) is 16.8 Å². The molecule has 10 nitrogen and oxygen atoms in total. The first kappa shape index (κ1) is 31.8. The zero-order valence-electron chi connectivity index (χ0n) is 23.5. The minimum Gasteiger partial charge on any atom is -0.488 e. The zero-order chi connectivity index (χ0) is 30.7. The van der Waals surface area contributed by atoms with Crippen molar-refractivity contribution in [2.45, 2.75) is 42.2 Å². The van der Waals surface area contributed by atoms with E-state index in [1.807, 2.05) is 6.92 Å². The molecular formula is C29H34ClN3O7S2. The van der Waals surface area contributed by atoms with Crippen LogP contribution in [0.15, 0.2) is 82.6 Å². The number of aliphatic hydroxyl groups excluding tert-OH is 1. The van der Waals surface area contributed by atoms with Crippen LogP contribution in [0.3, 0.4) is 0 Å². The third-order valence-corrected chi connectivity index (χ3v) is 10.7. The maximum atomic E-state index is 13.5. The molecule has 1 amide bonds. The lowest BCUT2D eigenvalue weighted by Gasteiger charge is -2.33. The number of aliphatic hydroxyl groups is 1. The highest BCUT2D eigenvalue weighted by molar-refractivity contribution is 7.92. The number of hydrogen-bond donors (Lipinski definition) is 2. The van der Waals surface area contributed by atoms with E-state index in [9.17, 15) is 26.7 Å². The second-order valence-electron chi connectivity index (χ2n) is 10.4. The third-order valence-electron chi connectivity index (χ3n) is 7.18. The Labute approximate surface area is 252 Å². The Kier molecular flexibility index (Phi) is 9.84. The zero-order valence-corrected chi connectivity index (χ0v) is 25.9. The fraction of sp³-hybridized carbons (Fsp3) is 0.345. The molecule has 0 unspecified atom stereocenters. The molecule has 0 spiro atoms. The van der Waals surface area contributed by atoms with Crippen molar-refractivity contribution in [2.24, 2.45) is 5.92 Å². The summed E-state index contributed by atoms with van der Waals surface area (Å²) in [4.78, 5) is 15.2. The Morgan fingerprint density at radius 3 is 2.36 bits per heavy atom. The van der Waals surface area contributed by atoms with Gasteiger partial charge in [-0.3, -0.25) is 9.52 Å². The summed E-state index contributed by atoms with van der Waals surface area (Å²) in [6, 6.07) is 17.9. The first-order valence-corrected chi connectivity index (χ1v) is 16.6. The van der Waals surface area contributed by atoms with Gasteiger partial charge in [-0.15, -0.1) is 0 Å². The van der Waals surface area contributed by atoms with E-state index < -0.39 is 32.2 Å². The van der Waals surface area contributed by atoms with E-state index in [2.05, 4.69) is 4.72 Å². The number of benzene rings is 3. The van der Waals surface area contributed by atoms with E-state index >= 15 is 0 Å². The minimum absolute atomic E-state index is 0.0156. The molecule has 3 atom stereocenters. The average Bonchev–Trinajstić information content (AvgIpc) is 3.00. The van der Waals surface area contributed by atoms with Crippen LogP contribution in [-0.2, 0) is 31.3 Å². The van der Waals surface area contributed by atoms with Gasteiger partial charge in [0.2, 0.25) is 15.9 Å². The van der Waals surface area contributed by atoms with Crippen LogP contribution in [0.1, 0.15) is 19.4 Å². The predicted molar refractivity (Wildman–Crippen MR) is 161 cm³/mol. The highest BCUT2D eigenvalue weighted by atomic mass is 35.5. The Balaban J connectivity index is 1.68. The summed E-state index contributed by atoms with van der Waals surface area (Å²) in [5.74, 6) is -0.277. The van der Waals surface area contributed by atoms with Gasteiger partial charge < -0.3 is 14.7 Å². The number of fused-ring (bicyclic) bond motifs is 1. The lowest BCUT2D eigenvalue weighted by atomic mass is 10.0. The quantitative estimate of drug-likeness (QED) is 0.367. The van der Waals surface area contributed by atoms with Crippen LogP contribution in [0, 0.1) is 5.92 Å². The van der Waals surface area contributed by atoms with Crippen LogP contribution in [0.5, 0.6) is 5.75 Å². The van der Waals surface area contributed by atoms with E-state index in [4.69, 9.17) is 16.3 Å². The Hall–Kier alpha value is -3.16. The van der Waals surface area contributed by atoms with Gasteiger partial charge in [-0.05, 0) is 61.5 Å². The van der Waals surface area contributed by atoms with Crippen molar-refractivity contribution < 1.29 is 31.5 Å². The molecule has 3 aromatic rings. The Morgan fingerprint density at radius 1 is 1.05 bits per heavy atom. The molecule has 0 fully saturated rings. The average molecular weight is 636 g/mol. The molecule has 2 N–H and O–H groups in total. The van der Waals surface area contributed by atoms with Crippen molar-refractivity contribution in [1.82, 2.24) is 9.21 Å². The normalized spacial score (nSPS) is 18.8. The van der Waals surface area contributed by atoms with Gasteiger partial charge in [-0.2, -0.15) is 4.31 Å². The molecule has 1 aliphatic rings. The molecule has 3 aromatic carbocycles. The maximum Gasteiger partial charge on any atom is 0.261 e. The molecule has 0 aliphatic carbocycles. The van der Waals surface area contributed by atoms with E-state index in [0.29, 0.717) is 16.3 Å². The first-order valence-electron chi connectivity index (χ1n) is 13.3. The molecule has 0 aromatic heterocycles. The van der Waals surface area contributed by atoms with E-state index in [1.54, 1.807) is 36.1 Å². The number of nitrogens with one attached hydrogen (secondary N) is 1. The van der Waals surface area contributed by atoms with Gasteiger partial charge >= 0.3 is 0 Å². The molecule has 0 saturated heterocycles. The highest BCUT2D eigenvalue weighted by Gasteiger charge is 2.33. The molecule has 0 radical (unpaired) electrons. The van der Waals surface area contributed by atoms with Crippen molar-refractivity contribution in [1.29, 1.82) is 0 Å². The number of sulfonamides is 2. The largest absolute Gasteiger partial charge is 0.488 e. The molecule has 1 heterocycles. The van der Waals surface area contributed by atoms with Crippen molar-refractivity contribution in [3.8, 4) is 5.75 Å². The van der Waals surface area contributed by atoms with Crippen LogP contribution in [0.25, 0.3) is 0 Å². The van der Waals surface area contributed by atoms with E-state index in [1.165, 1.54) is 59.9 Å². The fourth-order valence-electron chi connectivity index (χ4n) is 4.66. The van der Waals surface area contributed by atoms with Crippen LogP contribution in [0.4, 0.5) is 5.69 Å². The number of anilines is 1. The van der Waals surface area contributed by atoms with Gasteiger partial charge in [0, 0.05) is 35.8 Å². The maximum absolute atomic E-state index is 13.5. The standard InChI is InChI=1S/C29H34ClN3O7S2/c1-20-17-33(21(2)19-34)29(35)16-22-15-24(31-41(36,37)25-12-9-23(30)10-13-25)11-14-27(22)40-28(20)18-32(3)42(38,39)26-7-5-4-6-8-26/h4-15,20-21,28,31,34H,16-19H2,1-3H3/t20-,21+,28+/m1/s1. The molecule has 0 saturated carbocycles. The number of amides is 1. The predicted octanol–water partition coefficient (Wildman–Crippen LogP) is 3.61. The topological polar surface area (TPSA) is 133 Å². The van der Waals surface area contributed by atoms with Gasteiger partial charge in [0.15, 0.2) is 0 Å². The molecule has 13 heteroatoms. The smallest absolute Gasteiger partial charge is 0.261 e. The van der Waals surface area contributed by atoms with Gasteiger partial charge in [0.05, 0.1) is 35.4 Å². The van der Waals surface area contributed by atoms with Crippen LogP contribution >= 0.6 is 11.6 Å². The number of halogens is 1. The van der Waals surface area contributed by atoms with Crippen LogP contribution in [-0.4, -0.2) is 75.9 Å². The van der Waals surface area contributed by atoms with Crippen molar-refractivity contribution in [3.05, 3.63) is 83.4 Å². The minimum atomic E-state index is -3.95. The van der Waals surface area contributed by atoms with Gasteiger partial charge in [-0.1, -0.05) is 36.7 Å². The second kappa shape index (κ2) is 13.0. The van der Waals surface area contributed by atoms with Gasteiger partial charge in [0.1, 0.15) is 11.9 Å².